The van der Waals surface area contributed by atoms with Crippen molar-refractivity contribution >= 4 is 33.1 Å². The van der Waals surface area contributed by atoms with Gasteiger partial charge in [-0.15, -0.1) is 0 Å². The summed E-state index contributed by atoms with van der Waals surface area (Å²) in [6.45, 7) is 26.0. The van der Waals surface area contributed by atoms with Crippen LogP contribution in [-0.2, 0) is 5.60 Å². The quantitative estimate of drug-likeness (QED) is 0.0950. The van der Waals surface area contributed by atoms with Crippen LogP contribution in [0.5, 0.6) is 28.7 Å². The third-order valence-electron chi connectivity index (χ3n) is 14.5. The highest BCUT2D eigenvalue weighted by Crippen LogP contribution is 2.34. The van der Waals surface area contributed by atoms with E-state index in [1.807, 2.05) is 191 Å². The van der Waals surface area contributed by atoms with Gasteiger partial charge in [0.1, 0.15) is 47.7 Å². The normalized spacial score (nSPS) is 11.6. The summed E-state index contributed by atoms with van der Waals surface area (Å²) in [6, 6.07) is 65.9. The number of nitrogens with zero attached hydrogens (tertiary/aromatic N) is 6. The van der Waals surface area contributed by atoms with Gasteiger partial charge >= 0.3 is 0 Å². The first-order valence-corrected chi connectivity index (χ1v) is 30.3. The van der Waals surface area contributed by atoms with Gasteiger partial charge in [-0.1, -0.05) is 60.7 Å². The molecule has 0 aliphatic carbocycles. The molecule has 3 heterocycles. The van der Waals surface area contributed by atoms with Crippen molar-refractivity contribution in [3.8, 4) is 79.2 Å². The molecule has 9 aromatic carbocycles. The maximum atomic E-state index is 10.2. The summed E-state index contributed by atoms with van der Waals surface area (Å²) in [6.07, 6.45) is 6.41. The van der Waals surface area contributed by atoms with Crippen molar-refractivity contribution in [2.75, 3.05) is 0 Å². The Morgan fingerprint density at radius 3 is 0.943 bits per heavy atom. The van der Waals surface area contributed by atoms with Crippen molar-refractivity contribution in [3.05, 3.63) is 224 Å². The van der Waals surface area contributed by atoms with Crippen molar-refractivity contribution in [2.24, 2.45) is 0 Å². The van der Waals surface area contributed by atoms with Crippen molar-refractivity contribution in [1.29, 1.82) is 0 Å². The Morgan fingerprint density at radius 1 is 0.330 bits per heavy atom. The molecule has 12 heteroatoms. The first kappa shape index (κ1) is 61.4. The minimum absolute atomic E-state index is 0.153. The number of aliphatic hydroxyl groups is 1. The van der Waals surface area contributed by atoms with E-state index in [-0.39, 0.29) is 30.5 Å². The highest BCUT2D eigenvalue weighted by Gasteiger charge is 2.17. The minimum atomic E-state index is -0.841. The molecule has 0 aliphatic heterocycles. The number of benzene rings is 9. The molecule has 0 saturated heterocycles. The third-order valence-corrected chi connectivity index (χ3v) is 14.5. The van der Waals surface area contributed by atoms with E-state index in [9.17, 15) is 5.11 Å². The lowest BCUT2D eigenvalue weighted by molar-refractivity contribution is 0.0786. The predicted octanol–water partition coefficient (Wildman–Crippen LogP) is 18.5. The van der Waals surface area contributed by atoms with Crippen molar-refractivity contribution in [3.63, 3.8) is 0 Å². The number of hydrogen-bond acceptors (Lipinski definition) is 9. The highest BCUT2D eigenvalue weighted by atomic mass is 16.5. The Morgan fingerprint density at radius 2 is 0.614 bits per heavy atom. The minimum Gasteiger partial charge on any atom is -0.491 e. The van der Waals surface area contributed by atoms with Crippen LogP contribution in [-0.4, -0.2) is 64.3 Å². The van der Waals surface area contributed by atoms with Gasteiger partial charge in [0.25, 0.3) is 0 Å². The number of aromatic nitrogens is 6. The maximum Gasteiger partial charge on any atom is 0.119 e. The molecule has 0 amide bonds. The zero-order valence-corrected chi connectivity index (χ0v) is 52.8. The molecule has 0 saturated carbocycles. The number of aryl methyl sites for hydroxylation is 1. The van der Waals surface area contributed by atoms with Crippen LogP contribution in [0.4, 0.5) is 0 Å². The second-order valence-corrected chi connectivity index (χ2v) is 23.9. The lowest BCUT2D eigenvalue weighted by Gasteiger charge is -2.18. The van der Waals surface area contributed by atoms with Gasteiger partial charge in [0.05, 0.1) is 69.2 Å². The van der Waals surface area contributed by atoms with Crippen molar-refractivity contribution in [2.45, 2.75) is 126 Å². The van der Waals surface area contributed by atoms with Crippen molar-refractivity contribution in [1.82, 2.24) is 28.7 Å². The van der Waals surface area contributed by atoms with E-state index < -0.39 is 5.60 Å². The van der Waals surface area contributed by atoms with E-state index in [0.29, 0.717) is 0 Å². The fraction of sp³-hybridized carbons (Fsp3) is 0.250. The molecule has 3 aromatic heterocycles. The van der Waals surface area contributed by atoms with Gasteiger partial charge in [0.15, 0.2) is 0 Å². The largest absolute Gasteiger partial charge is 0.491 e. The molecular weight excluding hydrogens is 1090 g/mol. The van der Waals surface area contributed by atoms with Crippen LogP contribution in [0.15, 0.2) is 213 Å². The van der Waals surface area contributed by atoms with Crippen LogP contribution < -0.4 is 23.7 Å². The van der Waals surface area contributed by atoms with Crippen LogP contribution in [0.3, 0.4) is 0 Å². The molecule has 12 nitrogen and oxygen atoms in total. The monoisotopic (exact) mass is 1170 g/mol. The zero-order valence-electron chi connectivity index (χ0n) is 52.8. The number of hydrogen-bond donors (Lipinski definition) is 1. The number of ether oxygens (including phenoxy) is 5. The van der Waals surface area contributed by atoms with Gasteiger partial charge < -0.3 is 28.8 Å². The van der Waals surface area contributed by atoms with Crippen LogP contribution in [0.25, 0.3) is 83.5 Å². The topological polar surface area (TPSA) is 120 Å². The summed E-state index contributed by atoms with van der Waals surface area (Å²) in [5, 5.41) is 10.2. The average Bonchev–Trinajstić information content (AvgIpc) is 2.52. The van der Waals surface area contributed by atoms with Gasteiger partial charge in [-0.2, -0.15) is 0 Å². The van der Waals surface area contributed by atoms with Crippen LogP contribution in [0.1, 0.15) is 94.2 Å². The molecule has 0 unspecified atom stereocenters. The van der Waals surface area contributed by atoms with Gasteiger partial charge in [-0.25, -0.2) is 15.0 Å². The van der Waals surface area contributed by atoms with Gasteiger partial charge in [-0.3, -0.25) is 13.7 Å². The first-order valence-electron chi connectivity index (χ1n) is 30.3. The van der Waals surface area contributed by atoms with Gasteiger partial charge in [0, 0.05) is 17.1 Å². The van der Waals surface area contributed by atoms with E-state index >= 15 is 0 Å². The van der Waals surface area contributed by atoms with E-state index in [1.54, 1.807) is 13.8 Å². The summed E-state index contributed by atoms with van der Waals surface area (Å²) < 4.78 is 35.1. The lowest BCUT2D eigenvalue weighted by Crippen LogP contribution is -2.14. The van der Waals surface area contributed by atoms with E-state index in [4.69, 9.17) is 23.7 Å². The van der Waals surface area contributed by atoms with Gasteiger partial charge in [-0.05, 0) is 268 Å². The van der Waals surface area contributed by atoms with Crippen LogP contribution in [0, 0.1) is 6.92 Å². The molecule has 12 aromatic rings. The zero-order chi connectivity index (χ0) is 62.2. The molecule has 0 aliphatic rings. The molecule has 88 heavy (non-hydrogen) atoms. The molecule has 0 radical (unpaired) electrons. The molecule has 0 spiro atoms. The predicted molar refractivity (Wildman–Crippen MR) is 358 cm³/mol. The summed E-state index contributed by atoms with van der Waals surface area (Å²) >= 11 is 0. The fourth-order valence-corrected chi connectivity index (χ4v) is 10.4. The summed E-state index contributed by atoms with van der Waals surface area (Å²) in [4.78, 5) is 13.7. The maximum absolute atomic E-state index is 10.2. The first-order chi connectivity index (χ1) is 42.2. The Hall–Kier alpha value is -9.65. The molecule has 1 N–H and O–H groups in total. The van der Waals surface area contributed by atoms with E-state index in [2.05, 4.69) is 127 Å². The highest BCUT2D eigenvalue weighted by molar-refractivity contribution is 5.87. The van der Waals surface area contributed by atoms with E-state index in [0.717, 1.165) is 107 Å². The average molecular weight is 1170 g/mol. The van der Waals surface area contributed by atoms with Crippen LogP contribution in [0.2, 0.25) is 0 Å². The molecule has 12 rings (SSSR count). The van der Waals surface area contributed by atoms with Crippen LogP contribution >= 0.6 is 0 Å². The molecule has 0 atom stereocenters. The SMILES string of the molecule is CC(C)Oc1ccc(-c2ccc3ncn(-c4ccc(OC(C)C)cc4)c3c2)cc1.CC(C)Oc1ccc(-n2cnc3ccc(-c4ccc(C(C)(C)O)cc4)cc32)cc1.Cc1cc2ncn(-c3ccc(OC(C)C)cc3)c2cc1-c1ccc(OC(C)C)cc1. The smallest absolute Gasteiger partial charge is 0.119 e. The van der Waals surface area contributed by atoms with E-state index in [1.165, 1.54) is 16.7 Å². The Bertz CT molecular complexity index is 4230. The molecule has 0 fully saturated rings. The fourth-order valence-electron chi connectivity index (χ4n) is 10.4. The summed E-state index contributed by atoms with van der Waals surface area (Å²) in [5.41, 5.74) is 17.4. The summed E-state index contributed by atoms with van der Waals surface area (Å²) in [5.74, 6) is 4.39. The van der Waals surface area contributed by atoms with Crippen molar-refractivity contribution < 1.29 is 28.8 Å². The molecule has 0 bridgehead atoms. The standard InChI is InChI=1S/C26H28N2O2.2C25H26N2O2/c1-17(2)29-22-10-6-20(7-11-22)24-15-26-25(14-19(24)5)27-16-28(26)21-8-12-23(13-9-21)30-18(3)4;1-17(2)28-22-10-5-19(6-11-22)20-7-14-24-25(15-20)27(16-26-24)21-8-12-23(13-9-21)29-18(3)4;1-17(2)29-22-12-10-21(11-13-22)27-16-26-23-14-7-19(15-24(23)27)18-5-8-20(9-6-18)25(3,4)28/h6-18H,1-5H3;5-18H,1-4H3;5-17,28H,1-4H3. The number of imidazole rings is 3. The second kappa shape index (κ2) is 26.9. The molecule has 450 valence electrons. The Balaban J connectivity index is 0.000000146. The van der Waals surface area contributed by atoms with Gasteiger partial charge in [0.2, 0.25) is 0 Å². The second-order valence-electron chi connectivity index (χ2n) is 23.9. The number of fused-ring (bicyclic) bond motifs is 3. The lowest BCUT2D eigenvalue weighted by atomic mass is 9.95. The Kier molecular flexibility index (Phi) is 18.8. The summed E-state index contributed by atoms with van der Waals surface area (Å²) in [7, 11) is 0. The number of rotatable bonds is 17. The third kappa shape index (κ3) is 15.1. The Labute approximate surface area is 517 Å². The molecular formula is C76H80N6O6.